The molecule has 0 aromatic carbocycles. The Hall–Kier alpha value is -3.93. The number of carbonyl (C=O) groups is 4. The normalized spacial score (nSPS) is 20.9. The van der Waals surface area contributed by atoms with Gasteiger partial charge in [-0.15, -0.1) is 0 Å². The molecule has 3 atom stereocenters. The molecule has 12 nitrogen and oxygen atoms in total. The molecule has 24 heteroatoms. The van der Waals surface area contributed by atoms with E-state index in [9.17, 15) is 52.7 Å². The third-order valence-corrected chi connectivity index (χ3v) is 7.50. The first-order valence-corrected chi connectivity index (χ1v) is 15.3. The first kappa shape index (κ1) is 49.1. The minimum Gasteiger partial charge on any atom is -0.475 e. The van der Waals surface area contributed by atoms with E-state index in [2.05, 4.69) is 45.7 Å². The molecule has 3 aliphatic rings. The Bertz CT molecular complexity index is 1190. The molecule has 306 valence electrons. The first-order chi connectivity index (χ1) is 24.0. The quantitative estimate of drug-likeness (QED) is 0.281. The van der Waals surface area contributed by atoms with Crippen LogP contribution in [-0.2, 0) is 25.7 Å². The molecule has 0 bridgehead atoms. The molecule has 0 radical (unpaired) electrons. The van der Waals surface area contributed by atoms with Crippen molar-refractivity contribution < 1.29 is 92.3 Å². The van der Waals surface area contributed by atoms with Crippen molar-refractivity contribution in [1.29, 1.82) is 0 Å². The number of pyridine rings is 1. The molecule has 0 spiro atoms. The standard InChI is InChI=1S/C21H34N4.4C2HF3O2/c1-17(2)25-20(16-23-10-5-6-11-23)13-18-14-24(12-8-21(18)25)15-19-7-3-4-9-22-19;4*3-2(4,5)1(6)7/h3-4,7,9,17-18,20-21H,5-6,8,10-16H2,1-2H3;4*(H,6,7)/t18-,20+,21+;;;;/m1..../s1. The Labute approximate surface area is 294 Å². The number of fused-ring (bicyclic) bond motifs is 1. The maximum absolute atomic E-state index is 10.6. The second kappa shape index (κ2) is 21.1. The van der Waals surface area contributed by atoms with E-state index < -0.39 is 48.6 Å². The molecule has 3 fully saturated rings. The van der Waals surface area contributed by atoms with Crippen molar-refractivity contribution in [3.05, 3.63) is 30.1 Å². The van der Waals surface area contributed by atoms with Gasteiger partial charge in [0.15, 0.2) is 0 Å². The summed E-state index contributed by atoms with van der Waals surface area (Å²) in [5.41, 5.74) is 1.22. The number of rotatable bonds is 5. The predicted molar refractivity (Wildman–Crippen MR) is 157 cm³/mol. The minimum atomic E-state index is -5.08. The van der Waals surface area contributed by atoms with Crippen LogP contribution in [0.1, 0.15) is 45.2 Å². The Kier molecular flexibility index (Phi) is 19.5. The zero-order valence-electron chi connectivity index (χ0n) is 27.9. The molecule has 4 rings (SSSR count). The largest absolute Gasteiger partial charge is 0.490 e. The van der Waals surface area contributed by atoms with Crippen LogP contribution in [-0.4, -0.2) is 140 Å². The summed E-state index contributed by atoms with van der Waals surface area (Å²) >= 11 is 0. The maximum atomic E-state index is 10.6. The average Bonchev–Trinajstić information content (AvgIpc) is 3.64. The molecule has 4 heterocycles. The van der Waals surface area contributed by atoms with Gasteiger partial charge < -0.3 is 25.3 Å². The monoisotopic (exact) mass is 798 g/mol. The van der Waals surface area contributed by atoms with E-state index in [0.717, 1.165) is 24.5 Å². The molecular weight excluding hydrogens is 760 g/mol. The molecule has 1 aromatic rings. The lowest BCUT2D eigenvalue weighted by molar-refractivity contribution is -0.193. The Morgan fingerprint density at radius 2 is 1.13 bits per heavy atom. The highest BCUT2D eigenvalue weighted by molar-refractivity contribution is 5.74. The number of aromatic nitrogens is 1. The molecule has 3 aliphatic heterocycles. The topological polar surface area (TPSA) is 172 Å². The second-order valence-corrected chi connectivity index (χ2v) is 11.8. The first-order valence-electron chi connectivity index (χ1n) is 15.3. The molecule has 0 saturated carbocycles. The van der Waals surface area contributed by atoms with Crippen molar-refractivity contribution in [2.75, 3.05) is 32.7 Å². The fraction of sp³-hybridized carbons (Fsp3) is 0.690. The van der Waals surface area contributed by atoms with E-state index in [0.29, 0.717) is 6.04 Å². The van der Waals surface area contributed by atoms with E-state index >= 15 is 0 Å². The lowest BCUT2D eigenvalue weighted by Crippen LogP contribution is -2.50. The van der Waals surface area contributed by atoms with Gasteiger partial charge in [0.2, 0.25) is 0 Å². The highest BCUT2D eigenvalue weighted by atomic mass is 19.4. The number of hydrogen-bond donors (Lipinski definition) is 4. The van der Waals surface area contributed by atoms with Crippen LogP contribution in [0.3, 0.4) is 0 Å². The van der Waals surface area contributed by atoms with Crippen LogP contribution in [0.15, 0.2) is 24.4 Å². The molecular formula is C29H38F12N4O8. The van der Waals surface area contributed by atoms with Gasteiger partial charge in [-0.2, -0.15) is 52.7 Å². The Morgan fingerprint density at radius 3 is 1.47 bits per heavy atom. The predicted octanol–water partition coefficient (Wildman–Crippen LogP) is 5.38. The molecule has 1 aromatic heterocycles. The summed E-state index contributed by atoms with van der Waals surface area (Å²) in [6, 6.07) is 8.52. The molecule has 0 aliphatic carbocycles. The summed E-state index contributed by atoms with van der Waals surface area (Å²) < 4.78 is 127. The van der Waals surface area contributed by atoms with E-state index in [-0.39, 0.29) is 0 Å². The lowest BCUT2D eigenvalue weighted by atomic mass is 9.91. The van der Waals surface area contributed by atoms with Gasteiger partial charge in [0.25, 0.3) is 0 Å². The number of hydrogen-bond acceptors (Lipinski definition) is 8. The van der Waals surface area contributed by atoms with E-state index in [1.54, 1.807) is 0 Å². The summed E-state index contributed by atoms with van der Waals surface area (Å²) in [6.07, 6.45) is -12.9. The van der Waals surface area contributed by atoms with Crippen LogP contribution in [0.5, 0.6) is 0 Å². The van der Waals surface area contributed by atoms with Gasteiger partial charge >= 0.3 is 48.6 Å². The number of carboxylic acid groups (broad SMARTS) is 4. The van der Waals surface area contributed by atoms with Crippen LogP contribution in [0, 0.1) is 5.92 Å². The summed E-state index contributed by atoms with van der Waals surface area (Å²) in [5, 5.41) is 28.5. The van der Waals surface area contributed by atoms with Gasteiger partial charge in [-0.3, -0.25) is 14.8 Å². The van der Waals surface area contributed by atoms with Crippen molar-refractivity contribution >= 4 is 23.9 Å². The summed E-state index contributed by atoms with van der Waals surface area (Å²) in [6.45, 7) is 12.2. The Morgan fingerprint density at radius 1 is 0.717 bits per heavy atom. The zero-order chi connectivity index (χ0) is 41.5. The fourth-order valence-electron chi connectivity index (χ4n) is 5.56. The highest BCUT2D eigenvalue weighted by Crippen LogP contribution is 2.38. The second-order valence-electron chi connectivity index (χ2n) is 11.8. The number of piperidine rings is 1. The maximum Gasteiger partial charge on any atom is 0.490 e. The number of alkyl halides is 12. The SMILES string of the molecule is CC(C)N1[C@H](CN2CCCC2)C[C@@H]2CN(Cc3ccccn3)CC[C@@H]21.O=C(O)C(F)(F)F.O=C(O)C(F)(F)F.O=C(O)C(F)(F)F.O=C(O)C(F)(F)F. The van der Waals surface area contributed by atoms with Crippen LogP contribution >= 0.6 is 0 Å². The summed E-state index contributed by atoms with van der Waals surface area (Å²) in [4.78, 5) is 48.3. The van der Waals surface area contributed by atoms with Crippen LogP contribution in [0.2, 0.25) is 0 Å². The fourth-order valence-corrected chi connectivity index (χ4v) is 5.56. The van der Waals surface area contributed by atoms with Crippen molar-refractivity contribution in [3.8, 4) is 0 Å². The van der Waals surface area contributed by atoms with Gasteiger partial charge in [-0.1, -0.05) is 6.07 Å². The minimum absolute atomic E-state index is 0.671. The Balaban J connectivity index is 0.000000791. The van der Waals surface area contributed by atoms with Gasteiger partial charge in [0, 0.05) is 50.5 Å². The highest BCUT2D eigenvalue weighted by Gasteiger charge is 2.45. The molecule has 53 heavy (non-hydrogen) atoms. The summed E-state index contributed by atoms with van der Waals surface area (Å²) in [5.74, 6) is -10.2. The van der Waals surface area contributed by atoms with E-state index in [1.807, 2.05) is 12.3 Å². The smallest absolute Gasteiger partial charge is 0.475 e. The van der Waals surface area contributed by atoms with Gasteiger partial charge in [-0.25, -0.2) is 19.2 Å². The number of carboxylic acids is 4. The molecule has 0 unspecified atom stereocenters. The van der Waals surface area contributed by atoms with Gasteiger partial charge in [0.1, 0.15) is 0 Å². The van der Waals surface area contributed by atoms with Crippen molar-refractivity contribution in [2.45, 2.75) is 88.9 Å². The number of likely N-dealkylation sites (tertiary alicyclic amines) is 3. The van der Waals surface area contributed by atoms with Gasteiger partial charge in [-0.05, 0) is 70.7 Å². The number of aliphatic carboxylic acids is 4. The van der Waals surface area contributed by atoms with Crippen molar-refractivity contribution in [3.63, 3.8) is 0 Å². The molecule has 4 N–H and O–H groups in total. The summed E-state index contributed by atoms with van der Waals surface area (Å²) in [7, 11) is 0. The third-order valence-electron chi connectivity index (χ3n) is 7.50. The molecule has 3 saturated heterocycles. The lowest BCUT2D eigenvalue weighted by Gasteiger charge is -2.40. The van der Waals surface area contributed by atoms with E-state index in [4.69, 9.17) is 39.6 Å². The van der Waals surface area contributed by atoms with E-state index in [1.165, 1.54) is 64.1 Å². The number of halogens is 12. The molecule has 0 amide bonds. The van der Waals surface area contributed by atoms with Crippen LogP contribution in [0.25, 0.3) is 0 Å². The van der Waals surface area contributed by atoms with Crippen molar-refractivity contribution in [2.24, 2.45) is 5.92 Å². The van der Waals surface area contributed by atoms with Crippen molar-refractivity contribution in [1.82, 2.24) is 19.7 Å². The number of nitrogens with zero attached hydrogens (tertiary/aromatic N) is 4. The average molecular weight is 799 g/mol. The van der Waals surface area contributed by atoms with Gasteiger partial charge in [0.05, 0.1) is 5.69 Å². The third kappa shape index (κ3) is 19.6. The van der Waals surface area contributed by atoms with Crippen LogP contribution < -0.4 is 0 Å². The zero-order valence-corrected chi connectivity index (χ0v) is 27.9. The van der Waals surface area contributed by atoms with Crippen LogP contribution in [0.4, 0.5) is 52.7 Å².